The number of primary sulfonamides is 1. The van der Waals surface area contributed by atoms with E-state index in [-0.39, 0.29) is 4.90 Å². The normalized spacial score (nSPS) is 11.3. The molecule has 0 radical (unpaired) electrons. The molecule has 1 aromatic rings. The van der Waals surface area contributed by atoms with Gasteiger partial charge >= 0.3 is 0 Å². The molecule has 6 heteroatoms. The first-order valence-corrected chi connectivity index (χ1v) is 5.65. The van der Waals surface area contributed by atoms with Gasteiger partial charge in [-0.1, -0.05) is 0 Å². The van der Waals surface area contributed by atoms with E-state index >= 15 is 0 Å². The Morgan fingerprint density at radius 2 is 2.08 bits per heavy atom. The Kier molecular flexibility index (Phi) is 2.94. The molecule has 13 heavy (non-hydrogen) atoms. The van der Waals surface area contributed by atoms with Gasteiger partial charge in [-0.2, -0.15) is 0 Å². The third kappa shape index (κ3) is 2.43. The Morgan fingerprint density at radius 1 is 1.46 bits per heavy atom. The monoisotopic (exact) mass is 265 g/mol. The van der Waals surface area contributed by atoms with Gasteiger partial charge in [-0.15, -0.1) is 0 Å². The van der Waals surface area contributed by atoms with E-state index in [1.807, 2.05) is 0 Å². The average Bonchev–Trinajstić information content (AvgIpc) is 2.03. The van der Waals surface area contributed by atoms with Crippen LogP contribution < -0.4 is 9.88 Å². The van der Waals surface area contributed by atoms with Crippen molar-refractivity contribution in [3.8, 4) is 5.75 Å². The lowest BCUT2D eigenvalue weighted by atomic mass is 10.3. The molecule has 0 saturated carbocycles. The first kappa shape index (κ1) is 10.5. The van der Waals surface area contributed by atoms with Crippen LogP contribution in [0.3, 0.4) is 0 Å². The SMILES string of the molecule is COc1ccc(Br)c(S(N)(=O)=O)c1. The van der Waals surface area contributed by atoms with Crippen molar-refractivity contribution in [1.29, 1.82) is 0 Å². The first-order chi connectivity index (χ1) is 5.95. The van der Waals surface area contributed by atoms with E-state index < -0.39 is 10.0 Å². The van der Waals surface area contributed by atoms with Crippen LogP contribution >= 0.6 is 15.9 Å². The molecule has 2 N–H and O–H groups in total. The fraction of sp³-hybridized carbons (Fsp3) is 0.143. The Labute approximate surface area is 84.9 Å². The maximum absolute atomic E-state index is 11.0. The number of hydrogen-bond donors (Lipinski definition) is 1. The fourth-order valence-electron chi connectivity index (χ4n) is 0.829. The van der Waals surface area contributed by atoms with Crippen molar-refractivity contribution in [3.63, 3.8) is 0 Å². The van der Waals surface area contributed by atoms with E-state index in [0.29, 0.717) is 10.2 Å². The van der Waals surface area contributed by atoms with Gasteiger partial charge < -0.3 is 4.74 Å². The highest BCUT2D eigenvalue weighted by Crippen LogP contribution is 2.25. The minimum absolute atomic E-state index is 0.0202. The topological polar surface area (TPSA) is 69.4 Å². The van der Waals surface area contributed by atoms with Gasteiger partial charge in [-0.3, -0.25) is 0 Å². The van der Waals surface area contributed by atoms with Crippen molar-refractivity contribution in [3.05, 3.63) is 22.7 Å². The first-order valence-electron chi connectivity index (χ1n) is 3.31. The Hall–Kier alpha value is -0.590. The number of benzene rings is 1. The molecule has 0 unspecified atom stereocenters. The molecule has 0 aliphatic rings. The minimum atomic E-state index is -3.69. The van der Waals surface area contributed by atoms with Gasteiger partial charge in [0.1, 0.15) is 5.75 Å². The molecule has 0 saturated heterocycles. The zero-order valence-electron chi connectivity index (χ0n) is 6.82. The van der Waals surface area contributed by atoms with E-state index in [0.717, 1.165) is 0 Å². The van der Waals surface area contributed by atoms with Crippen molar-refractivity contribution < 1.29 is 13.2 Å². The largest absolute Gasteiger partial charge is 0.497 e. The lowest BCUT2D eigenvalue weighted by molar-refractivity contribution is 0.413. The van der Waals surface area contributed by atoms with Gasteiger partial charge in [0, 0.05) is 10.5 Å². The average molecular weight is 266 g/mol. The molecule has 0 fully saturated rings. The maximum atomic E-state index is 11.0. The fourth-order valence-corrected chi connectivity index (χ4v) is 2.37. The van der Waals surface area contributed by atoms with Crippen molar-refractivity contribution >= 4 is 26.0 Å². The zero-order valence-corrected chi connectivity index (χ0v) is 9.22. The zero-order chi connectivity index (χ0) is 10.1. The summed E-state index contributed by atoms with van der Waals surface area (Å²) in [5.41, 5.74) is 0. The van der Waals surface area contributed by atoms with E-state index in [1.165, 1.54) is 13.2 Å². The summed E-state index contributed by atoms with van der Waals surface area (Å²) in [5.74, 6) is 0.451. The molecule has 4 nitrogen and oxygen atoms in total. The van der Waals surface area contributed by atoms with E-state index in [9.17, 15) is 8.42 Å². The number of halogens is 1. The summed E-state index contributed by atoms with van der Waals surface area (Å²) in [6.07, 6.45) is 0. The van der Waals surface area contributed by atoms with Crippen molar-refractivity contribution in [1.82, 2.24) is 0 Å². The molecule has 0 aliphatic heterocycles. The van der Waals surface area contributed by atoms with Crippen LogP contribution in [0.1, 0.15) is 0 Å². The van der Waals surface area contributed by atoms with E-state index in [4.69, 9.17) is 9.88 Å². The summed E-state index contributed by atoms with van der Waals surface area (Å²) in [7, 11) is -2.24. The van der Waals surface area contributed by atoms with E-state index in [2.05, 4.69) is 15.9 Å². The van der Waals surface area contributed by atoms with Gasteiger partial charge in [-0.05, 0) is 28.1 Å². The van der Waals surface area contributed by atoms with E-state index in [1.54, 1.807) is 12.1 Å². The van der Waals surface area contributed by atoms with Crippen molar-refractivity contribution in [2.45, 2.75) is 4.90 Å². The van der Waals surface area contributed by atoms with Crippen LogP contribution in [0.4, 0.5) is 0 Å². The van der Waals surface area contributed by atoms with Gasteiger partial charge in [0.15, 0.2) is 0 Å². The predicted octanol–water partition coefficient (Wildman–Crippen LogP) is 1.11. The third-order valence-electron chi connectivity index (χ3n) is 1.44. The van der Waals surface area contributed by atoms with Crippen LogP contribution in [0.5, 0.6) is 5.75 Å². The molecule has 72 valence electrons. The summed E-state index contributed by atoms with van der Waals surface area (Å²) in [5, 5.41) is 4.97. The second kappa shape index (κ2) is 3.65. The molecule has 1 rings (SSSR count). The number of rotatable bonds is 2. The van der Waals surface area contributed by atoms with Gasteiger partial charge in [0.05, 0.1) is 12.0 Å². The highest BCUT2D eigenvalue weighted by atomic mass is 79.9. The number of nitrogens with two attached hydrogens (primary N) is 1. The summed E-state index contributed by atoms with van der Waals surface area (Å²) >= 11 is 3.08. The summed E-state index contributed by atoms with van der Waals surface area (Å²) in [6.45, 7) is 0. The van der Waals surface area contributed by atoms with Crippen LogP contribution in [-0.4, -0.2) is 15.5 Å². The van der Waals surface area contributed by atoms with Crippen LogP contribution in [0.15, 0.2) is 27.6 Å². The lowest BCUT2D eigenvalue weighted by Crippen LogP contribution is -2.12. The van der Waals surface area contributed by atoms with Crippen LogP contribution in [0.2, 0.25) is 0 Å². The summed E-state index contributed by atoms with van der Waals surface area (Å²) in [6, 6.07) is 4.57. The van der Waals surface area contributed by atoms with Gasteiger partial charge in [-0.25, -0.2) is 13.6 Å². The summed E-state index contributed by atoms with van der Waals surface area (Å²) < 4.78 is 27.3. The Morgan fingerprint density at radius 3 is 2.54 bits per heavy atom. The smallest absolute Gasteiger partial charge is 0.239 e. The second-order valence-corrected chi connectivity index (χ2v) is 4.73. The molecule has 1 aromatic carbocycles. The quantitative estimate of drug-likeness (QED) is 0.871. The second-order valence-electron chi connectivity index (χ2n) is 2.34. The summed E-state index contributed by atoms with van der Waals surface area (Å²) in [4.78, 5) is 0.0202. The Balaban J connectivity index is 3.36. The predicted molar refractivity (Wildman–Crippen MR) is 52.1 cm³/mol. The van der Waals surface area contributed by atoms with Crippen LogP contribution in [0.25, 0.3) is 0 Å². The molecule has 0 aromatic heterocycles. The molecular formula is C7H8BrNO3S. The van der Waals surface area contributed by atoms with Gasteiger partial charge in [0.25, 0.3) is 0 Å². The van der Waals surface area contributed by atoms with Crippen molar-refractivity contribution in [2.24, 2.45) is 5.14 Å². The molecule has 0 aliphatic carbocycles. The standard InChI is InChI=1S/C7H8BrNO3S/c1-12-5-2-3-6(8)7(4-5)13(9,10)11/h2-4H,1H3,(H2,9,10,11). The molecular weight excluding hydrogens is 258 g/mol. The number of methoxy groups -OCH3 is 1. The third-order valence-corrected chi connectivity index (χ3v) is 3.35. The number of hydrogen-bond acceptors (Lipinski definition) is 3. The highest BCUT2D eigenvalue weighted by molar-refractivity contribution is 9.10. The molecule has 0 heterocycles. The minimum Gasteiger partial charge on any atom is -0.497 e. The van der Waals surface area contributed by atoms with Crippen LogP contribution in [-0.2, 0) is 10.0 Å². The molecule has 0 spiro atoms. The van der Waals surface area contributed by atoms with Gasteiger partial charge in [0.2, 0.25) is 10.0 Å². The Bertz CT molecular complexity index is 416. The molecule has 0 amide bonds. The number of sulfonamides is 1. The van der Waals surface area contributed by atoms with Crippen molar-refractivity contribution in [2.75, 3.05) is 7.11 Å². The number of ether oxygens (including phenoxy) is 1. The highest BCUT2D eigenvalue weighted by Gasteiger charge is 2.12. The lowest BCUT2D eigenvalue weighted by Gasteiger charge is -2.04. The molecule has 0 bridgehead atoms. The van der Waals surface area contributed by atoms with Crippen LogP contribution in [0, 0.1) is 0 Å². The molecule has 0 atom stereocenters. The maximum Gasteiger partial charge on any atom is 0.239 e.